The van der Waals surface area contributed by atoms with Crippen LogP contribution in [0, 0.1) is 5.92 Å². The first-order valence-electron chi connectivity index (χ1n) is 12.8. The first-order valence-corrected chi connectivity index (χ1v) is 14.7. The van der Waals surface area contributed by atoms with Gasteiger partial charge in [-0.3, -0.25) is 4.79 Å². The molecular weight excluding hydrogens is 444 g/mol. The van der Waals surface area contributed by atoms with Gasteiger partial charge in [0, 0.05) is 18.6 Å². The zero-order valence-electron chi connectivity index (χ0n) is 23.5. The summed E-state index contributed by atoms with van der Waals surface area (Å²) in [5, 5.41) is -0.638. The second kappa shape index (κ2) is 12.5. The zero-order chi connectivity index (χ0) is 26.5. The van der Waals surface area contributed by atoms with Crippen molar-refractivity contribution < 1.29 is 17.9 Å². The van der Waals surface area contributed by atoms with Gasteiger partial charge in [0.15, 0.2) is 9.84 Å². The van der Waals surface area contributed by atoms with E-state index in [0.29, 0.717) is 24.2 Å². The Morgan fingerprint density at radius 2 is 1.38 bits per heavy atom. The van der Waals surface area contributed by atoms with Crippen LogP contribution in [0.1, 0.15) is 129 Å². The summed E-state index contributed by atoms with van der Waals surface area (Å²) in [6, 6.07) is 4.61. The first-order chi connectivity index (χ1) is 15.5. The molecule has 4 nitrogen and oxygen atoms in total. The van der Waals surface area contributed by atoms with E-state index in [1.54, 1.807) is 13.0 Å². The van der Waals surface area contributed by atoms with Crippen LogP contribution in [-0.4, -0.2) is 31.8 Å². The summed E-state index contributed by atoms with van der Waals surface area (Å²) in [7, 11) is -3.23. The second-order valence-electron chi connectivity index (χ2n) is 10.8. The van der Waals surface area contributed by atoms with Crippen LogP contribution < -0.4 is 0 Å². The molecule has 0 fully saturated rings. The number of ketones is 1. The lowest BCUT2D eigenvalue weighted by Gasteiger charge is -2.32. The van der Waals surface area contributed by atoms with E-state index in [9.17, 15) is 13.2 Å². The Kier molecular flexibility index (Phi) is 11.2. The molecule has 1 aromatic rings. The van der Waals surface area contributed by atoms with Crippen LogP contribution in [0.2, 0.25) is 0 Å². The fraction of sp³-hybridized carbons (Fsp3) is 0.690. The first kappa shape index (κ1) is 30.6. The predicted molar refractivity (Wildman–Crippen MR) is 145 cm³/mol. The molecule has 0 aromatic heterocycles. The second-order valence-corrected chi connectivity index (χ2v) is 13.2. The fourth-order valence-electron chi connectivity index (χ4n) is 4.47. The summed E-state index contributed by atoms with van der Waals surface area (Å²) in [4.78, 5) is 12.7. The van der Waals surface area contributed by atoms with Crippen LogP contribution in [0.15, 0.2) is 23.8 Å². The Balaban J connectivity index is 3.63. The molecule has 0 unspecified atom stereocenters. The quantitative estimate of drug-likeness (QED) is 0.283. The molecule has 0 aliphatic heterocycles. The molecule has 0 saturated heterocycles. The van der Waals surface area contributed by atoms with Gasteiger partial charge in [0.2, 0.25) is 0 Å². The number of rotatable bonds is 12. The lowest BCUT2D eigenvalue weighted by molar-refractivity contribution is -0.127. The van der Waals surface area contributed by atoms with Gasteiger partial charge in [0.1, 0.15) is 5.78 Å². The number of carbonyl (C=O) groups is 1. The molecule has 0 aliphatic rings. The van der Waals surface area contributed by atoms with Gasteiger partial charge >= 0.3 is 0 Å². The van der Waals surface area contributed by atoms with Gasteiger partial charge in [-0.15, -0.1) is 0 Å². The van der Waals surface area contributed by atoms with Crippen molar-refractivity contribution in [2.75, 3.05) is 6.26 Å². The van der Waals surface area contributed by atoms with Gasteiger partial charge in [-0.1, -0.05) is 73.6 Å². The number of sulfone groups is 1. The smallest absolute Gasteiger partial charge is 0.153 e. The molecule has 34 heavy (non-hydrogen) atoms. The van der Waals surface area contributed by atoms with Crippen molar-refractivity contribution in [3.05, 3.63) is 46.0 Å². The van der Waals surface area contributed by atoms with Crippen molar-refractivity contribution in [3.8, 4) is 0 Å². The van der Waals surface area contributed by atoms with E-state index >= 15 is 0 Å². The minimum absolute atomic E-state index is 0.111. The van der Waals surface area contributed by atoms with E-state index in [1.807, 2.05) is 20.8 Å². The fourth-order valence-corrected chi connectivity index (χ4v) is 4.93. The summed E-state index contributed by atoms with van der Waals surface area (Å²) >= 11 is 0. The van der Waals surface area contributed by atoms with E-state index < -0.39 is 21.2 Å². The molecule has 194 valence electrons. The molecule has 0 bridgehead atoms. The van der Waals surface area contributed by atoms with E-state index in [4.69, 9.17) is 4.74 Å². The van der Waals surface area contributed by atoms with Crippen LogP contribution >= 0.6 is 0 Å². The van der Waals surface area contributed by atoms with Crippen LogP contribution in [0.25, 0.3) is 0 Å². The average molecular weight is 493 g/mol. The van der Waals surface area contributed by atoms with Gasteiger partial charge < -0.3 is 4.74 Å². The van der Waals surface area contributed by atoms with Gasteiger partial charge in [0.05, 0.1) is 17.5 Å². The number of hydrogen-bond acceptors (Lipinski definition) is 4. The Bertz CT molecular complexity index is 941. The average Bonchev–Trinajstić information content (AvgIpc) is 2.74. The molecule has 0 heterocycles. The summed E-state index contributed by atoms with van der Waals surface area (Å²) in [5.41, 5.74) is 5.87. The number of ether oxygens (including phenoxy) is 1. The maximum absolute atomic E-state index is 12.7. The third kappa shape index (κ3) is 7.78. The summed E-state index contributed by atoms with van der Waals surface area (Å²) < 4.78 is 30.8. The van der Waals surface area contributed by atoms with E-state index in [2.05, 4.69) is 60.6 Å². The van der Waals surface area contributed by atoms with Gasteiger partial charge in [-0.05, 0) is 66.4 Å². The molecule has 1 aromatic carbocycles. The highest BCUT2D eigenvalue weighted by Crippen LogP contribution is 2.38. The normalized spacial score (nSPS) is 16.7. The lowest BCUT2D eigenvalue weighted by atomic mass is 9.82. The zero-order valence-corrected chi connectivity index (χ0v) is 24.3. The Hall–Kier alpha value is -1.46. The van der Waals surface area contributed by atoms with Crippen molar-refractivity contribution in [1.82, 2.24) is 0 Å². The lowest BCUT2D eigenvalue weighted by Crippen LogP contribution is -2.31. The van der Waals surface area contributed by atoms with Crippen LogP contribution in [0.4, 0.5) is 0 Å². The van der Waals surface area contributed by atoms with Crippen molar-refractivity contribution in [3.63, 3.8) is 0 Å². The van der Waals surface area contributed by atoms with Crippen molar-refractivity contribution >= 4 is 15.6 Å². The summed E-state index contributed by atoms with van der Waals surface area (Å²) in [6.45, 7) is 22.6. The van der Waals surface area contributed by atoms with Crippen molar-refractivity contribution in [2.45, 2.75) is 118 Å². The molecule has 0 N–H and O–H groups in total. The molecule has 0 aliphatic carbocycles. The minimum Gasteiger partial charge on any atom is -0.365 e. The predicted octanol–water partition coefficient (Wildman–Crippen LogP) is 7.50. The molecule has 0 amide bonds. The molecular formula is C29H48O4S. The Morgan fingerprint density at radius 3 is 1.74 bits per heavy atom. The highest BCUT2D eigenvalue weighted by Gasteiger charge is 2.30. The van der Waals surface area contributed by atoms with E-state index in [-0.39, 0.29) is 17.8 Å². The molecule has 4 atom stereocenters. The molecule has 1 rings (SSSR count). The van der Waals surface area contributed by atoms with Crippen LogP contribution in [0.3, 0.4) is 0 Å². The standard InChI is InChI=1S/C29H48O4S/c1-13-27(30)22(10)29(20(8)14-21(9)34(12,31)32)33-23(11)28-25(18(4)5)15-24(17(2)3)16-26(28)19(6)7/h14-19,21-23,29H,13H2,1-12H3/b20-14-/t21-,22-,23+,29-/m1/s1. The minimum atomic E-state index is -3.23. The third-order valence-corrected chi connectivity index (χ3v) is 8.35. The molecule has 0 saturated carbocycles. The number of benzene rings is 1. The topological polar surface area (TPSA) is 60.4 Å². The number of carbonyl (C=O) groups excluding carboxylic acids is 1. The molecule has 5 heteroatoms. The Labute approximate surface area is 209 Å². The summed E-state index contributed by atoms with van der Waals surface area (Å²) in [5.74, 6) is 0.827. The largest absolute Gasteiger partial charge is 0.365 e. The monoisotopic (exact) mass is 492 g/mol. The van der Waals surface area contributed by atoms with Crippen molar-refractivity contribution in [1.29, 1.82) is 0 Å². The van der Waals surface area contributed by atoms with Gasteiger partial charge in [0.25, 0.3) is 0 Å². The van der Waals surface area contributed by atoms with Gasteiger partial charge in [-0.25, -0.2) is 8.42 Å². The van der Waals surface area contributed by atoms with E-state index in [1.165, 1.54) is 28.5 Å². The molecule has 0 spiro atoms. The number of Topliss-reactive ketones (excluding diaryl/α,β-unsaturated/α-hetero) is 1. The highest BCUT2D eigenvalue weighted by atomic mass is 32.2. The maximum atomic E-state index is 12.7. The highest BCUT2D eigenvalue weighted by molar-refractivity contribution is 7.91. The third-order valence-electron chi connectivity index (χ3n) is 6.87. The van der Waals surface area contributed by atoms with Gasteiger partial charge in [-0.2, -0.15) is 0 Å². The maximum Gasteiger partial charge on any atom is 0.153 e. The van der Waals surface area contributed by atoms with Crippen LogP contribution in [-0.2, 0) is 19.4 Å². The van der Waals surface area contributed by atoms with Crippen molar-refractivity contribution in [2.24, 2.45) is 5.92 Å². The Morgan fingerprint density at radius 1 is 0.912 bits per heavy atom. The number of hydrogen-bond donors (Lipinski definition) is 0. The SMILES string of the molecule is CCC(=O)[C@@H](C)[C@H](O[C@@H](C)c1c(C(C)C)cc(C(C)C)cc1C(C)C)/C(C)=C\[C@@H](C)S(C)(=O)=O. The van der Waals surface area contributed by atoms with E-state index in [0.717, 1.165) is 5.57 Å². The molecule has 0 radical (unpaired) electrons. The van der Waals surface area contributed by atoms with Crippen LogP contribution in [0.5, 0.6) is 0 Å². The summed E-state index contributed by atoms with van der Waals surface area (Å²) in [6.07, 6.45) is 2.66.